The molecule has 0 amide bonds. The van der Waals surface area contributed by atoms with E-state index < -0.39 is 14.9 Å². The zero-order chi connectivity index (χ0) is 19.7. The molecule has 146 valence electrons. The SMILES string of the molecule is O=[N+]([O-])c1ccc(S(=O)(=O)Nc2ccc3nc(N4CCOCC4)sc3c2)cc1. The van der Waals surface area contributed by atoms with E-state index in [-0.39, 0.29) is 10.6 Å². The lowest BCUT2D eigenvalue weighted by Gasteiger charge is -2.25. The van der Waals surface area contributed by atoms with Crippen LogP contribution in [0.4, 0.5) is 16.5 Å². The minimum absolute atomic E-state index is 0.0449. The molecule has 0 radical (unpaired) electrons. The molecule has 0 unspecified atom stereocenters. The number of aromatic nitrogens is 1. The van der Waals surface area contributed by atoms with Crippen molar-refractivity contribution in [3.63, 3.8) is 0 Å². The summed E-state index contributed by atoms with van der Waals surface area (Å²) in [7, 11) is -3.85. The fourth-order valence-electron chi connectivity index (χ4n) is 2.83. The summed E-state index contributed by atoms with van der Waals surface area (Å²) >= 11 is 1.49. The fourth-order valence-corrected chi connectivity index (χ4v) is 4.93. The van der Waals surface area contributed by atoms with E-state index in [1.807, 2.05) is 0 Å². The van der Waals surface area contributed by atoms with Gasteiger partial charge in [0.25, 0.3) is 15.7 Å². The van der Waals surface area contributed by atoms with Crippen LogP contribution in [-0.2, 0) is 14.8 Å². The van der Waals surface area contributed by atoms with E-state index in [1.54, 1.807) is 18.2 Å². The molecule has 1 N–H and O–H groups in total. The highest BCUT2D eigenvalue weighted by Gasteiger charge is 2.18. The average Bonchev–Trinajstić information content (AvgIpc) is 3.12. The Kier molecular flexibility index (Phi) is 4.87. The van der Waals surface area contributed by atoms with Crippen LogP contribution < -0.4 is 9.62 Å². The molecule has 9 nitrogen and oxygen atoms in total. The Morgan fingerprint density at radius 3 is 2.54 bits per heavy atom. The zero-order valence-corrected chi connectivity index (χ0v) is 16.2. The molecule has 0 aliphatic carbocycles. The molecule has 2 heterocycles. The summed E-state index contributed by atoms with van der Waals surface area (Å²) in [5.74, 6) is 0. The van der Waals surface area contributed by atoms with Crippen LogP contribution in [0.2, 0.25) is 0 Å². The highest BCUT2D eigenvalue weighted by atomic mass is 32.2. The van der Waals surface area contributed by atoms with Crippen LogP contribution >= 0.6 is 11.3 Å². The summed E-state index contributed by atoms with van der Waals surface area (Å²) in [6.07, 6.45) is 0. The molecule has 28 heavy (non-hydrogen) atoms. The predicted octanol–water partition coefficient (Wildman–Crippen LogP) is 2.84. The van der Waals surface area contributed by atoms with Crippen LogP contribution in [0.1, 0.15) is 0 Å². The summed E-state index contributed by atoms with van der Waals surface area (Å²) < 4.78 is 33.8. The monoisotopic (exact) mass is 420 g/mol. The molecule has 0 spiro atoms. The van der Waals surface area contributed by atoms with Crippen LogP contribution in [0.3, 0.4) is 0 Å². The van der Waals surface area contributed by atoms with Crippen molar-refractivity contribution in [2.24, 2.45) is 0 Å². The van der Waals surface area contributed by atoms with Crippen LogP contribution in [0.5, 0.6) is 0 Å². The first-order chi connectivity index (χ1) is 13.4. The van der Waals surface area contributed by atoms with Gasteiger partial charge in [0.1, 0.15) is 0 Å². The number of sulfonamides is 1. The van der Waals surface area contributed by atoms with E-state index in [0.29, 0.717) is 18.9 Å². The second-order valence-corrected chi connectivity index (χ2v) is 8.83. The van der Waals surface area contributed by atoms with E-state index >= 15 is 0 Å². The summed E-state index contributed by atoms with van der Waals surface area (Å²) in [4.78, 5) is 16.9. The van der Waals surface area contributed by atoms with Gasteiger partial charge in [0.15, 0.2) is 5.13 Å². The number of ether oxygens (including phenoxy) is 1. The van der Waals surface area contributed by atoms with Gasteiger partial charge in [-0.25, -0.2) is 13.4 Å². The Balaban J connectivity index is 1.57. The van der Waals surface area contributed by atoms with E-state index in [4.69, 9.17) is 4.74 Å². The lowest BCUT2D eigenvalue weighted by atomic mass is 10.3. The first-order valence-corrected chi connectivity index (χ1v) is 10.7. The number of rotatable bonds is 5. The van der Waals surface area contributed by atoms with Crippen LogP contribution in [-0.4, -0.2) is 44.6 Å². The number of anilines is 2. The van der Waals surface area contributed by atoms with Gasteiger partial charge in [0.2, 0.25) is 0 Å². The highest BCUT2D eigenvalue weighted by Crippen LogP contribution is 2.31. The summed E-state index contributed by atoms with van der Waals surface area (Å²) in [6.45, 7) is 2.88. The van der Waals surface area contributed by atoms with Gasteiger partial charge in [-0.1, -0.05) is 11.3 Å². The largest absolute Gasteiger partial charge is 0.378 e. The van der Waals surface area contributed by atoms with Crippen LogP contribution in [0, 0.1) is 10.1 Å². The van der Waals surface area contributed by atoms with Gasteiger partial charge >= 0.3 is 0 Å². The average molecular weight is 420 g/mol. The van der Waals surface area contributed by atoms with E-state index in [1.165, 1.54) is 23.5 Å². The summed E-state index contributed by atoms with van der Waals surface area (Å²) in [6, 6.07) is 9.90. The van der Waals surface area contributed by atoms with Crippen molar-refractivity contribution in [3.05, 3.63) is 52.6 Å². The van der Waals surface area contributed by atoms with Gasteiger partial charge in [-0.2, -0.15) is 0 Å². The number of nitro groups is 1. The standard InChI is InChI=1S/C17H16N4O5S2/c22-21(23)13-2-4-14(5-3-13)28(24,25)19-12-1-6-15-16(11-12)27-17(18-15)20-7-9-26-10-8-20/h1-6,11,19H,7-10H2. The lowest BCUT2D eigenvalue weighted by molar-refractivity contribution is -0.384. The second kappa shape index (κ2) is 7.34. The van der Waals surface area contributed by atoms with Crippen molar-refractivity contribution in [2.75, 3.05) is 35.9 Å². The Morgan fingerprint density at radius 2 is 1.86 bits per heavy atom. The number of fused-ring (bicyclic) bond motifs is 1. The third kappa shape index (κ3) is 3.77. The minimum Gasteiger partial charge on any atom is -0.378 e. The van der Waals surface area contributed by atoms with Crippen molar-refractivity contribution >= 4 is 48.1 Å². The van der Waals surface area contributed by atoms with Crippen molar-refractivity contribution in [1.82, 2.24) is 4.98 Å². The molecule has 1 aliphatic heterocycles. The van der Waals surface area contributed by atoms with Crippen molar-refractivity contribution < 1.29 is 18.1 Å². The summed E-state index contributed by atoms with van der Waals surface area (Å²) in [5, 5.41) is 11.6. The first-order valence-electron chi connectivity index (χ1n) is 8.43. The number of hydrogen-bond donors (Lipinski definition) is 1. The number of nitrogens with zero attached hydrogens (tertiary/aromatic N) is 3. The van der Waals surface area contributed by atoms with Crippen molar-refractivity contribution in [1.29, 1.82) is 0 Å². The van der Waals surface area contributed by atoms with Crippen LogP contribution in [0.25, 0.3) is 10.2 Å². The molecule has 0 bridgehead atoms. The number of hydrogen-bond acceptors (Lipinski definition) is 8. The Labute approximate surface area is 164 Å². The number of nitrogens with one attached hydrogen (secondary N) is 1. The lowest BCUT2D eigenvalue weighted by Crippen LogP contribution is -2.36. The van der Waals surface area contributed by atoms with Gasteiger partial charge in [-0.15, -0.1) is 0 Å². The molecule has 1 fully saturated rings. The molecule has 2 aromatic carbocycles. The molecule has 1 aliphatic rings. The van der Waals surface area contributed by atoms with Crippen molar-refractivity contribution in [2.45, 2.75) is 4.90 Å². The maximum absolute atomic E-state index is 12.6. The first kappa shape index (κ1) is 18.6. The molecule has 0 atom stereocenters. The predicted molar refractivity (Wildman–Crippen MR) is 107 cm³/mol. The van der Waals surface area contributed by atoms with Gasteiger partial charge in [0, 0.05) is 25.2 Å². The van der Waals surface area contributed by atoms with E-state index in [2.05, 4.69) is 14.6 Å². The maximum atomic E-state index is 12.6. The molecular weight excluding hydrogens is 404 g/mol. The Bertz CT molecular complexity index is 1120. The number of non-ortho nitro benzene ring substituents is 1. The smallest absolute Gasteiger partial charge is 0.269 e. The second-order valence-electron chi connectivity index (χ2n) is 6.13. The fraction of sp³-hybridized carbons (Fsp3) is 0.235. The Morgan fingerprint density at radius 1 is 1.14 bits per heavy atom. The molecule has 3 aromatic rings. The number of benzene rings is 2. The van der Waals surface area contributed by atoms with Gasteiger partial charge in [-0.3, -0.25) is 14.8 Å². The van der Waals surface area contributed by atoms with E-state index in [9.17, 15) is 18.5 Å². The number of thiazole rings is 1. The van der Waals surface area contributed by atoms with Gasteiger partial charge < -0.3 is 9.64 Å². The topological polar surface area (TPSA) is 115 Å². The van der Waals surface area contributed by atoms with E-state index in [0.717, 1.165) is 40.6 Å². The molecule has 1 saturated heterocycles. The quantitative estimate of drug-likeness (QED) is 0.498. The number of morpholine rings is 1. The molecule has 4 rings (SSSR count). The Hall–Kier alpha value is -2.76. The molecular formula is C17H16N4O5S2. The summed E-state index contributed by atoms with van der Waals surface area (Å²) in [5.41, 5.74) is 1.04. The minimum atomic E-state index is -3.85. The van der Waals surface area contributed by atoms with Gasteiger partial charge in [-0.05, 0) is 30.3 Å². The zero-order valence-electron chi connectivity index (χ0n) is 14.6. The van der Waals surface area contributed by atoms with Gasteiger partial charge in [0.05, 0.1) is 38.9 Å². The molecule has 11 heteroatoms. The van der Waals surface area contributed by atoms with Crippen LogP contribution in [0.15, 0.2) is 47.4 Å². The van der Waals surface area contributed by atoms with Crippen molar-refractivity contribution in [3.8, 4) is 0 Å². The normalized spacial score (nSPS) is 14.9. The maximum Gasteiger partial charge on any atom is 0.269 e. The highest BCUT2D eigenvalue weighted by molar-refractivity contribution is 7.92. The number of nitro benzene ring substituents is 1. The molecule has 0 saturated carbocycles. The molecule has 1 aromatic heterocycles. The third-order valence-electron chi connectivity index (χ3n) is 4.27. The third-order valence-corrected chi connectivity index (χ3v) is 6.74.